The summed E-state index contributed by atoms with van der Waals surface area (Å²) in [7, 11) is 0. The molecule has 3 heterocycles. The Balaban J connectivity index is 0.00000171. The van der Waals surface area contributed by atoms with Gasteiger partial charge >= 0.3 is 0 Å². The van der Waals surface area contributed by atoms with Gasteiger partial charge in [0.25, 0.3) is 0 Å². The highest BCUT2D eigenvalue weighted by molar-refractivity contribution is 9.10. The number of hydrogen-bond acceptors (Lipinski definition) is 4. The van der Waals surface area contributed by atoms with Crippen LogP contribution in [-0.4, -0.2) is 37.2 Å². The lowest BCUT2D eigenvalue weighted by atomic mass is 9.84. The lowest BCUT2D eigenvalue weighted by Crippen LogP contribution is -2.55. The molecule has 4 nitrogen and oxygen atoms in total. The lowest BCUT2D eigenvalue weighted by molar-refractivity contribution is 0.0720. The Hall–Kier alpha value is -0.690. The van der Waals surface area contributed by atoms with Crippen LogP contribution in [-0.2, 0) is 13.2 Å². The van der Waals surface area contributed by atoms with Crippen LogP contribution in [0, 0.1) is 5.92 Å². The lowest BCUT2D eigenvalue weighted by Gasteiger charge is -2.45. The molecule has 31 heavy (non-hydrogen) atoms. The number of nitrogens with one attached hydrogen (secondary N) is 1. The first-order valence-electron chi connectivity index (χ1n) is 10.4. The van der Waals surface area contributed by atoms with Crippen molar-refractivity contribution in [1.29, 1.82) is 0 Å². The predicted octanol–water partition coefficient (Wildman–Crippen LogP) is 6.11. The molecule has 2 bridgehead atoms. The van der Waals surface area contributed by atoms with Crippen molar-refractivity contribution in [3.8, 4) is 11.5 Å². The number of ether oxygens (including phenoxy) is 2. The van der Waals surface area contributed by atoms with E-state index in [1.54, 1.807) is 0 Å². The van der Waals surface area contributed by atoms with Gasteiger partial charge in [-0.3, -0.25) is 0 Å². The molecule has 8 heteroatoms. The second-order valence-corrected chi connectivity index (χ2v) is 9.17. The molecule has 0 aliphatic carbocycles. The van der Waals surface area contributed by atoms with E-state index in [0.29, 0.717) is 19.3 Å². The average Bonchev–Trinajstić information content (AvgIpc) is 2.74. The fraction of sp³-hybridized carbons (Fsp3) is 0.478. The van der Waals surface area contributed by atoms with Gasteiger partial charge in [0.15, 0.2) is 11.5 Å². The summed E-state index contributed by atoms with van der Waals surface area (Å²) >= 11 is 9.66. The van der Waals surface area contributed by atoms with Gasteiger partial charge in [-0.1, -0.05) is 23.7 Å². The molecule has 3 aliphatic heterocycles. The summed E-state index contributed by atoms with van der Waals surface area (Å²) in [6.45, 7) is 7.60. The third kappa shape index (κ3) is 6.89. The maximum Gasteiger partial charge on any atom is 0.175 e. The number of piperidine rings is 3. The van der Waals surface area contributed by atoms with Crippen LogP contribution in [0.3, 0.4) is 0 Å². The molecule has 0 spiro atoms. The van der Waals surface area contributed by atoms with Crippen molar-refractivity contribution in [3.63, 3.8) is 0 Å². The summed E-state index contributed by atoms with van der Waals surface area (Å²) in [6, 6.07) is 12.5. The number of rotatable bonds is 8. The maximum atomic E-state index is 6.09. The molecule has 0 saturated carbocycles. The van der Waals surface area contributed by atoms with Crippen LogP contribution in [0.1, 0.15) is 30.9 Å². The zero-order valence-electron chi connectivity index (χ0n) is 17.6. The molecule has 0 aromatic heterocycles. The topological polar surface area (TPSA) is 33.7 Å². The molecule has 1 unspecified atom stereocenters. The first-order valence-corrected chi connectivity index (χ1v) is 11.6. The highest BCUT2D eigenvalue weighted by atomic mass is 79.9. The van der Waals surface area contributed by atoms with E-state index in [2.05, 4.69) is 38.3 Å². The van der Waals surface area contributed by atoms with Gasteiger partial charge in [-0.15, -0.1) is 24.8 Å². The molecule has 1 atom stereocenters. The van der Waals surface area contributed by atoms with E-state index >= 15 is 0 Å². The Morgan fingerprint density at radius 2 is 1.77 bits per heavy atom. The van der Waals surface area contributed by atoms with Crippen LogP contribution in [0.4, 0.5) is 0 Å². The molecule has 2 aromatic carbocycles. The fourth-order valence-electron chi connectivity index (χ4n) is 4.31. The van der Waals surface area contributed by atoms with E-state index in [-0.39, 0.29) is 24.8 Å². The van der Waals surface area contributed by atoms with E-state index in [1.807, 2.05) is 31.2 Å². The van der Waals surface area contributed by atoms with E-state index in [9.17, 15) is 0 Å². The average molecular weight is 553 g/mol. The minimum absolute atomic E-state index is 0. The highest BCUT2D eigenvalue weighted by Gasteiger charge is 2.33. The van der Waals surface area contributed by atoms with Crippen molar-refractivity contribution in [1.82, 2.24) is 10.2 Å². The second-order valence-electron chi connectivity index (χ2n) is 7.88. The molecule has 2 aromatic rings. The summed E-state index contributed by atoms with van der Waals surface area (Å²) in [4.78, 5) is 2.58. The Morgan fingerprint density at radius 1 is 1.06 bits per heavy atom. The van der Waals surface area contributed by atoms with Gasteiger partial charge in [0, 0.05) is 24.2 Å². The number of benzene rings is 2. The van der Waals surface area contributed by atoms with Crippen LogP contribution >= 0.6 is 52.3 Å². The smallest absolute Gasteiger partial charge is 0.175 e. The quantitative estimate of drug-likeness (QED) is 0.429. The van der Waals surface area contributed by atoms with Crippen LogP contribution in [0.5, 0.6) is 11.5 Å². The summed E-state index contributed by atoms with van der Waals surface area (Å²) in [5.41, 5.74) is 2.27. The van der Waals surface area contributed by atoms with Crippen molar-refractivity contribution >= 4 is 52.3 Å². The number of hydrogen-bond donors (Lipinski definition) is 1. The van der Waals surface area contributed by atoms with Crippen molar-refractivity contribution in [2.45, 2.75) is 39.0 Å². The first kappa shape index (κ1) is 26.6. The van der Waals surface area contributed by atoms with E-state index < -0.39 is 0 Å². The number of fused-ring (bicyclic) bond motifs is 3. The SMILES string of the molecule is CCOc1cc(CNC2CN3CCC2CC3)cc(Br)c1OCc1ccc(Cl)cc1.Cl.Cl. The van der Waals surface area contributed by atoms with Gasteiger partial charge in [-0.05, 0) is 90.1 Å². The Kier molecular flexibility index (Phi) is 10.7. The second kappa shape index (κ2) is 12.5. The summed E-state index contributed by atoms with van der Waals surface area (Å²) in [6.07, 6.45) is 2.64. The molecule has 172 valence electrons. The third-order valence-corrected chi connectivity index (χ3v) is 6.73. The zero-order valence-corrected chi connectivity index (χ0v) is 21.6. The zero-order chi connectivity index (χ0) is 20.2. The van der Waals surface area contributed by atoms with Gasteiger partial charge in [0.1, 0.15) is 6.61 Å². The molecule has 3 fully saturated rings. The third-order valence-electron chi connectivity index (χ3n) is 5.89. The summed E-state index contributed by atoms with van der Waals surface area (Å²) < 4.78 is 12.9. The number of nitrogens with zero attached hydrogens (tertiary/aromatic N) is 1. The minimum Gasteiger partial charge on any atom is -0.490 e. The van der Waals surface area contributed by atoms with E-state index in [1.165, 1.54) is 38.0 Å². The van der Waals surface area contributed by atoms with Crippen molar-refractivity contribution in [2.24, 2.45) is 5.92 Å². The van der Waals surface area contributed by atoms with Gasteiger partial charge < -0.3 is 19.7 Å². The summed E-state index contributed by atoms with van der Waals surface area (Å²) in [5.74, 6) is 2.34. The minimum atomic E-state index is 0. The van der Waals surface area contributed by atoms with E-state index in [4.69, 9.17) is 21.1 Å². The van der Waals surface area contributed by atoms with Crippen LogP contribution < -0.4 is 14.8 Å². The van der Waals surface area contributed by atoms with Crippen LogP contribution in [0.15, 0.2) is 40.9 Å². The summed E-state index contributed by atoms with van der Waals surface area (Å²) in [5, 5.41) is 4.50. The number of halogens is 4. The maximum absolute atomic E-state index is 6.09. The van der Waals surface area contributed by atoms with Gasteiger partial charge in [-0.2, -0.15) is 0 Å². The Bertz CT molecular complexity index is 830. The normalized spacial score (nSPS) is 21.7. The van der Waals surface area contributed by atoms with Gasteiger partial charge in [0.2, 0.25) is 0 Å². The van der Waals surface area contributed by atoms with E-state index in [0.717, 1.165) is 39.0 Å². The molecule has 3 aliphatic rings. The van der Waals surface area contributed by atoms with Crippen molar-refractivity contribution in [2.75, 3.05) is 26.2 Å². The van der Waals surface area contributed by atoms with Crippen LogP contribution in [0.25, 0.3) is 0 Å². The molecular formula is C23H30BrCl3N2O2. The highest BCUT2D eigenvalue weighted by Crippen LogP contribution is 2.38. The molecular weight excluding hydrogens is 523 g/mol. The predicted molar refractivity (Wildman–Crippen MR) is 135 cm³/mol. The molecule has 0 amide bonds. The first-order chi connectivity index (χ1) is 14.1. The molecule has 1 N–H and O–H groups in total. The van der Waals surface area contributed by atoms with Crippen molar-refractivity contribution < 1.29 is 9.47 Å². The van der Waals surface area contributed by atoms with Crippen molar-refractivity contribution in [3.05, 3.63) is 57.0 Å². The molecule has 0 radical (unpaired) electrons. The fourth-order valence-corrected chi connectivity index (χ4v) is 5.04. The van der Waals surface area contributed by atoms with Crippen LogP contribution in [0.2, 0.25) is 5.02 Å². The molecule has 5 rings (SSSR count). The Labute approximate surface area is 211 Å². The standard InChI is InChI=1S/C23H28BrClN2O2.2ClH/c1-2-28-22-12-17(13-26-21-14-27-9-7-18(21)8-10-27)11-20(24)23(22)29-15-16-3-5-19(25)6-4-16;;/h3-6,11-12,18,21,26H,2,7-10,13-15H2,1H3;2*1H. The molecule has 3 saturated heterocycles. The largest absolute Gasteiger partial charge is 0.490 e. The van der Waals surface area contributed by atoms with Gasteiger partial charge in [0.05, 0.1) is 11.1 Å². The van der Waals surface area contributed by atoms with Gasteiger partial charge in [-0.25, -0.2) is 0 Å². The Morgan fingerprint density at radius 3 is 2.39 bits per heavy atom. The monoisotopic (exact) mass is 550 g/mol.